The molecule has 0 aromatic heterocycles. The van der Waals surface area contributed by atoms with Crippen LogP contribution in [0.3, 0.4) is 0 Å². The van der Waals surface area contributed by atoms with Gasteiger partial charge in [0.15, 0.2) is 0 Å². The van der Waals surface area contributed by atoms with Crippen molar-refractivity contribution in [2.45, 2.75) is 50.6 Å². The van der Waals surface area contributed by atoms with E-state index in [-0.39, 0.29) is 41.8 Å². The van der Waals surface area contributed by atoms with Gasteiger partial charge in [0.1, 0.15) is 0 Å². The van der Waals surface area contributed by atoms with E-state index in [0.29, 0.717) is 6.42 Å². The van der Waals surface area contributed by atoms with Gasteiger partial charge in [0.05, 0.1) is 10.9 Å². The molecule has 0 fully saturated rings. The van der Waals surface area contributed by atoms with Crippen LogP contribution >= 0.6 is 0 Å². The number of amides is 2. The molecule has 0 radical (unpaired) electrons. The van der Waals surface area contributed by atoms with Gasteiger partial charge in [-0.05, 0) is 49.6 Å². The topological polar surface area (TPSA) is 95.6 Å². The summed E-state index contributed by atoms with van der Waals surface area (Å²) < 4.78 is 27.7. The van der Waals surface area contributed by atoms with Crippen molar-refractivity contribution in [1.82, 2.24) is 10.0 Å². The number of nitrogens with zero attached hydrogens (tertiary/aromatic N) is 1. The molecule has 0 saturated carbocycles. The summed E-state index contributed by atoms with van der Waals surface area (Å²) in [7, 11) is -3.75. The highest BCUT2D eigenvalue weighted by Crippen LogP contribution is 2.33. The number of benzene rings is 2. The van der Waals surface area contributed by atoms with E-state index in [1.54, 1.807) is 17.0 Å². The summed E-state index contributed by atoms with van der Waals surface area (Å²) in [4.78, 5) is 25.8. The number of carbonyl (C=O) groups excluding carboxylic acids is 2. The fourth-order valence-corrected chi connectivity index (χ4v) is 4.86. The summed E-state index contributed by atoms with van der Waals surface area (Å²) >= 11 is 0. The molecule has 0 bridgehead atoms. The van der Waals surface area contributed by atoms with E-state index >= 15 is 0 Å². The van der Waals surface area contributed by atoms with Gasteiger partial charge in [-0.15, -0.1) is 0 Å². The third-order valence-electron chi connectivity index (χ3n) is 5.24. The van der Waals surface area contributed by atoms with Gasteiger partial charge in [0, 0.05) is 31.6 Å². The SMILES string of the molecule is CC(=O)N1c2ccc(S(=O)(=O)NCCC(=O)N[C@H](C)c3ccccc3)cc2C[C@@H]1C. The molecule has 0 aliphatic carbocycles. The van der Waals surface area contributed by atoms with E-state index < -0.39 is 10.0 Å². The number of anilines is 1. The number of carbonyl (C=O) groups is 2. The molecule has 0 unspecified atom stereocenters. The second-order valence-electron chi connectivity index (χ2n) is 7.58. The molecule has 3 rings (SSSR count). The molecule has 2 atom stereocenters. The van der Waals surface area contributed by atoms with Crippen LogP contribution in [0.5, 0.6) is 0 Å². The smallest absolute Gasteiger partial charge is 0.240 e. The third kappa shape index (κ3) is 4.88. The molecule has 160 valence electrons. The van der Waals surface area contributed by atoms with Crippen LogP contribution in [-0.2, 0) is 26.0 Å². The second kappa shape index (κ2) is 8.97. The summed E-state index contributed by atoms with van der Waals surface area (Å²) in [5.74, 6) is -0.292. The van der Waals surface area contributed by atoms with E-state index in [9.17, 15) is 18.0 Å². The highest BCUT2D eigenvalue weighted by molar-refractivity contribution is 7.89. The minimum Gasteiger partial charge on any atom is -0.350 e. The Hall–Kier alpha value is -2.71. The molecule has 2 aromatic rings. The Balaban J connectivity index is 1.58. The Kier molecular flexibility index (Phi) is 6.58. The first-order chi connectivity index (χ1) is 14.2. The van der Waals surface area contributed by atoms with E-state index in [1.165, 1.54) is 13.0 Å². The molecule has 1 aliphatic heterocycles. The number of nitrogens with one attached hydrogen (secondary N) is 2. The van der Waals surface area contributed by atoms with E-state index in [4.69, 9.17) is 0 Å². The molecule has 0 saturated heterocycles. The largest absolute Gasteiger partial charge is 0.350 e. The van der Waals surface area contributed by atoms with Crippen molar-refractivity contribution in [3.05, 3.63) is 59.7 Å². The van der Waals surface area contributed by atoms with Crippen LogP contribution in [0.15, 0.2) is 53.4 Å². The van der Waals surface area contributed by atoms with Gasteiger partial charge in [-0.25, -0.2) is 13.1 Å². The number of sulfonamides is 1. The molecular weight excluding hydrogens is 402 g/mol. The molecule has 2 aromatic carbocycles. The van der Waals surface area contributed by atoms with Gasteiger partial charge >= 0.3 is 0 Å². The first kappa shape index (κ1) is 22.0. The fraction of sp³-hybridized carbons (Fsp3) is 0.364. The molecule has 7 nitrogen and oxygen atoms in total. The predicted molar refractivity (Wildman–Crippen MR) is 116 cm³/mol. The summed E-state index contributed by atoms with van der Waals surface area (Å²) in [5, 5.41) is 2.87. The van der Waals surface area contributed by atoms with Crippen molar-refractivity contribution in [3.8, 4) is 0 Å². The molecule has 30 heavy (non-hydrogen) atoms. The Morgan fingerprint density at radius 2 is 1.87 bits per heavy atom. The van der Waals surface area contributed by atoms with Crippen molar-refractivity contribution in [1.29, 1.82) is 0 Å². The summed E-state index contributed by atoms with van der Waals surface area (Å²) in [6.07, 6.45) is 0.647. The molecule has 1 heterocycles. The number of rotatable bonds is 7. The summed E-state index contributed by atoms with van der Waals surface area (Å²) in [6, 6.07) is 14.2. The van der Waals surface area contributed by atoms with Crippen molar-refractivity contribution in [2.24, 2.45) is 0 Å². The average Bonchev–Trinajstić information content (AvgIpc) is 3.03. The lowest BCUT2D eigenvalue weighted by Gasteiger charge is -2.20. The predicted octanol–water partition coefficient (Wildman–Crippen LogP) is 2.53. The minimum absolute atomic E-state index is 0.00119. The van der Waals surface area contributed by atoms with Crippen LogP contribution in [0.2, 0.25) is 0 Å². The van der Waals surface area contributed by atoms with Gasteiger partial charge in [-0.3, -0.25) is 9.59 Å². The Labute approximate surface area is 177 Å². The molecule has 8 heteroatoms. The van der Waals surface area contributed by atoms with E-state index in [2.05, 4.69) is 10.0 Å². The Morgan fingerprint density at radius 1 is 1.17 bits per heavy atom. The lowest BCUT2D eigenvalue weighted by Crippen LogP contribution is -2.33. The van der Waals surface area contributed by atoms with Crippen LogP contribution < -0.4 is 14.9 Å². The van der Waals surface area contributed by atoms with Crippen LogP contribution in [0, 0.1) is 0 Å². The monoisotopic (exact) mass is 429 g/mol. The van der Waals surface area contributed by atoms with Crippen LogP contribution in [0.4, 0.5) is 5.69 Å². The Bertz CT molecular complexity index is 1040. The van der Waals surface area contributed by atoms with Gasteiger partial charge in [-0.1, -0.05) is 30.3 Å². The van der Waals surface area contributed by atoms with Gasteiger partial charge in [0.2, 0.25) is 21.8 Å². The zero-order valence-corrected chi connectivity index (χ0v) is 18.2. The number of fused-ring (bicyclic) bond motifs is 1. The Morgan fingerprint density at radius 3 is 2.53 bits per heavy atom. The standard InChI is InChI=1S/C22H27N3O4S/c1-15-13-19-14-20(9-10-21(19)25(15)17(3)26)30(28,29)23-12-11-22(27)24-16(2)18-7-5-4-6-8-18/h4-10,14-16,23H,11-13H2,1-3H3,(H,24,27)/t15-,16+/m0/s1. The van der Waals surface area contributed by atoms with Crippen molar-refractivity contribution >= 4 is 27.5 Å². The van der Waals surface area contributed by atoms with Crippen LogP contribution in [0.25, 0.3) is 0 Å². The second-order valence-corrected chi connectivity index (χ2v) is 9.35. The molecule has 2 N–H and O–H groups in total. The zero-order chi connectivity index (χ0) is 21.9. The highest BCUT2D eigenvalue weighted by Gasteiger charge is 2.30. The highest BCUT2D eigenvalue weighted by atomic mass is 32.2. The van der Waals surface area contributed by atoms with E-state index in [1.807, 2.05) is 44.2 Å². The summed E-state index contributed by atoms with van der Waals surface area (Å²) in [5.41, 5.74) is 2.57. The van der Waals surface area contributed by atoms with Crippen LogP contribution in [-0.4, -0.2) is 32.8 Å². The molecule has 0 spiro atoms. The molecule has 1 aliphatic rings. The van der Waals surface area contributed by atoms with Crippen molar-refractivity contribution < 1.29 is 18.0 Å². The van der Waals surface area contributed by atoms with Crippen LogP contribution in [0.1, 0.15) is 44.4 Å². The first-order valence-electron chi connectivity index (χ1n) is 9.95. The number of hydrogen-bond acceptors (Lipinski definition) is 4. The average molecular weight is 430 g/mol. The van der Waals surface area contributed by atoms with E-state index in [0.717, 1.165) is 16.8 Å². The van der Waals surface area contributed by atoms with Gasteiger partial charge in [0.25, 0.3) is 0 Å². The van der Waals surface area contributed by atoms with Crippen molar-refractivity contribution in [3.63, 3.8) is 0 Å². The third-order valence-corrected chi connectivity index (χ3v) is 6.70. The maximum atomic E-state index is 12.6. The quantitative estimate of drug-likeness (QED) is 0.707. The fourth-order valence-electron chi connectivity index (χ4n) is 3.78. The normalized spacial score (nSPS) is 16.8. The zero-order valence-electron chi connectivity index (χ0n) is 17.4. The first-order valence-corrected chi connectivity index (χ1v) is 11.4. The maximum absolute atomic E-state index is 12.6. The van der Waals surface area contributed by atoms with Gasteiger partial charge < -0.3 is 10.2 Å². The summed E-state index contributed by atoms with van der Waals surface area (Å²) in [6.45, 7) is 5.32. The molecular formula is C22H27N3O4S. The number of hydrogen-bond donors (Lipinski definition) is 2. The molecule has 2 amide bonds. The minimum atomic E-state index is -3.75. The van der Waals surface area contributed by atoms with Crippen molar-refractivity contribution in [2.75, 3.05) is 11.4 Å². The maximum Gasteiger partial charge on any atom is 0.240 e. The lowest BCUT2D eigenvalue weighted by atomic mass is 10.1. The van der Waals surface area contributed by atoms with Gasteiger partial charge in [-0.2, -0.15) is 0 Å². The lowest BCUT2D eigenvalue weighted by molar-refractivity contribution is -0.121.